The normalized spacial score (nSPS) is 20.9. The van der Waals surface area contributed by atoms with E-state index >= 15 is 0 Å². The summed E-state index contributed by atoms with van der Waals surface area (Å²) in [6.07, 6.45) is 4.79. The van der Waals surface area contributed by atoms with Crippen molar-refractivity contribution < 1.29 is 24.5 Å². The quantitative estimate of drug-likeness (QED) is 0.772. The van der Waals surface area contributed by atoms with Crippen molar-refractivity contribution in [2.24, 2.45) is 0 Å². The van der Waals surface area contributed by atoms with Gasteiger partial charge >= 0.3 is 5.97 Å². The van der Waals surface area contributed by atoms with Gasteiger partial charge in [0.15, 0.2) is 5.75 Å². The van der Waals surface area contributed by atoms with E-state index in [-0.39, 0.29) is 11.0 Å². The van der Waals surface area contributed by atoms with Crippen LogP contribution in [0.15, 0.2) is 41.5 Å². The summed E-state index contributed by atoms with van der Waals surface area (Å²) in [6.45, 7) is 5.15. The van der Waals surface area contributed by atoms with Crippen molar-refractivity contribution in [3.8, 4) is 11.5 Å². The lowest BCUT2D eigenvalue weighted by Crippen LogP contribution is -2.44. The molecule has 1 aliphatic rings. The molecule has 2 N–H and O–H groups in total. The van der Waals surface area contributed by atoms with Gasteiger partial charge in [0.05, 0.1) is 12.7 Å². The van der Waals surface area contributed by atoms with Crippen LogP contribution >= 0.6 is 0 Å². The maximum absolute atomic E-state index is 11.8. The van der Waals surface area contributed by atoms with Gasteiger partial charge < -0.3 is 24.3 Å². The first-order chi connectivity index (χ1) is 13.7. The molecular formula is C22H27NO6. The third kappa shape index (κ3) is 4.29. The van der Waals surface area contributed by atoms with Crippen LogP contribution in [-0.2, 0) is 16.7 Å². The summed E-state index contributed by atoms with van der Waals surface area (Å²) in [5, 5.41) is 19.1. The molecule has 1 aromatic carbocycles. The van der Waals surface area contributed by atoms with Crippen molar-refractivity contribution in [3.63, 3.8) is 0 Å². The van der Waals surface area contributed by atoms with E-state index in [4.69, 9.17) is 9.47 Å². The fourth-order valence-corrected chi connectivity index (χ4v) is 4.38. The maximum Gasteiger partial charge on any atom is 0.341 e. The second kappa shape index (κ2) is 7.91. The number of carboxylic acid groups (broad SMARTS) is 1. The molecule has 7 nitrogen and oxygen atoms in total. The number of rotatable bonds is 6. The van der Waals surface area contributed by atoms with Gasteiger partial charge in [-0.05, 0) is 39.2 Å². The molecule has 0 saturated carbocycles. The summed E-state index contributed by atoms with van der Waals surface area (Å²) in [5.41, 5.74) is -0.806. The zero-order valence-corrected chi connectivity index (χ0v) is 17.0. The summed E-state index contributed by atoms with van der Waals surface area (Å²) in [7, 11) is 1.65. The molecule has 2 heterocycles. The first-order valence-electron chi connectivity index (χ1n) is 9.61. The lowest BCUT2D eigenvalue weighted by Gasteiger charge is -2.46. The lowest BCUT2D eigenvalue weighted by atomic mass is 9.67. The van der Waals surface area contributed by atoms with E-state index in [0.29, 0.717) is 19.6 Å². The number of methoxy groups -OCH3 is 1. The standard InChI is InChI=1S/C22H27NO6/c1-21(2)14-22(9-11-29-21,16-6-4-5-7-18(16)28-3)8-10-23-12-15(20(26)27)19(25)17(24)13-23/h4-7,12-13,24H,8-11,14H2,1-3H3,(H,26,27). The molecular weight excluding hydrogens is 374 g/mol. The number of nitrogens with zero attached hydrogens (tertiary/aromatic N) is 1. The highest BCUT2D eigenvalue weighted by Crippen LogP contribution is 2.47. The van der Waals surface area contributed by atoms with Crippen LogP contribution in [0.2, 0.25) is 0 Å². The minimum atomic E-state index is -1.36. The van der Waals surface area contributed by atoms with Gasteiger partial charge in [0.25, 0.3) is 0 Å². The Hall–Kier alpha value is -2.80. The van der Waals surface area contributed by atoms with Crippen molar-refractivity contribution >= 4 is 5.97 Å². The molecule has 1 atom stereocenters. The largest absolute Gasteiger partial charge is 0.503 e. The highest BCUT2D eigenvalue weighted by atomic mass is 16.5. The van der Waals surface area contributed by atoms with Gasteiger partial charge in [-0.1, -0.05) is 18.2 Å². The number of hydrogen-bond acceptors (Lipinski definition) is 5. The SMILES string of the molecule is COc1ccccc1C1(CCn2cc(O)c(=O)c(C(=O)O)c2)CCOC(C)(C)C1. The Morgan fingerprint density at radius 1 is 1.28 bits per heavy atom. The van der Waals surface area contributed by atoms with Crippen LogP contribution in [0.3, 0.4) is 0 Å². The number of benzene rings is 1. The Labute approximate surface area is 169 Å². The Morgan fingerprint density at radius 2 is 2.00 bits per heavy atom. The molecule has 3 rings (SSSR count). The average Bonchev–Trinajstić information content (AvgIpc) is 2.67. The van der Waals surface area contributed by atoms with Crippen LogP contribution < -0.4 is 10.2 Å². The minimum absolute atomic E-state index is 0.253. The third-order valence-electron chi connectivity index (χ3n) is 5.66. The number of aromatic hydroxyl groups is 1. The maximum atomic E-state index is 11.8. The van der Waals surface area contributed by atoms with E-state index in [2.05, 4.69) is 19.9 Å². The zero-order chi connectivity index (χ0) is 21.2. The Bertz CT molecular complexity index is 964. The molecule has 2 aromatic rings. The molecule has 0 amide bonds. The predicted molar refractivity (Wildman–Crippen MR) is 108 cm³/mol. The van der Waals surface area contributed by atoms with Gasteiger partial charge in [-0.2, -0.15) is 0 Å². The van der Waals surface area contributed by atoms with E-state index < -0.39 is 22.7 Å². The molecule has 1 aliphatic heterocycles. The second-order valence-corrected chi connectivity index (χ2v) is 8.19. The molecule has 1 fully saturated rings. The van der Waals surface area contributed by atoms with Crippen molar-refractivity contribution in [2.45, 2.75) is 50.7 Å². The van der Waals surface area contributed by atoms with Crippen LogP contribution in [0.5, 0.6) is 11.5 Å². The molecule has 1 unspecified atom stereocenters. The summed E-state index contributed by atoms with van der Waals surface area (Å²) in [6, 6.07) is 7.91. The average molecular weight is 401 g/mol. The van der Waals surface area contributed by atoms with E-state index in [1.807, 2.05) is 18.2 Å². The Kier molecular flexibility index (Phi) is 5.71. The van der Waals surface area contributed by atoms with Crippen molar-refractivity contribution in [1.29, 1.82) is 0 Å². The van der Waals surface area contributed by atoms with E-state index in [1.54, 1.807) is 11.7 Å². The highest BCUT2D eigenvalue weighted by Gasteiger charge is 2.43. The van der Waals surface area contributed by atoms with Crippen LogP contribution in [0.1, 0.15) is 49.0 Å². The summed E-state index contributed by atoms with van der Waals surface area (Å²) in [5.74, 6) is -1.12. The molecule has 0 spiro atoms. The molecule has 0 radical (unpaired) electrons. The molecule has 0 aliphatic carbocycles. The Balaban J connectivity index is 1.99. The van der Waals surface area contributed by atoms with Crippen LogP contribution in [0.25, 0.3) is 0 Å². The first kappa shape index (κ1) is 20.9. The molecule has 29 heavy (non-hydrogen) atoms. The zero-order valence-electron chi connectivity index (χ0n) is 17.0. The van der Waals surface area contributed by atoms with E-state index in [0.717, 1.165) is 24.2 Å². The predicted octanol–water partition coefficient (Wildman–Crippen LogP) is 3.18. The monoisotopic (exact) mass is 401 g/mol. The summed E-state index contributed by atoms with van der Waals surface area (Å²) in [4.78, 5) is 23.2. The van der Waals surface area contributed by atoms with Gasteiger partial charge in [-0.3, -0.25) is 4.79 Å². The number of aromatic nitrogens is 1. The number of hydrogen-bond donors (Lipinski definition) is 2. The van der Waals surface area contributed by atoms with Gasteiger partial charge in [0.2, 0.25) is 5.43 Å². The molecule has 0 bridgehead atoms. The van der Waals surface area contributed by atoms with Gasteiger partial charge in [-0.25, -0.2) is 4.79 Å². The van der Waals surface area contributed by atoms with Crippen molar-refractivity contribution in [1.82, 2.24) is 4.57 Å². The van der Waals surface area contributed by atoms with Gasteiger partial charge in [-0.15, -0.1) is 0 Å². The van der Waals surface area contributed by atoms with Gasteiger partial charge in [0, 0.05) is 36.5 Å². The lowest BCUT2D eigenvalue weighted by molar-refractivity contribution is -0.0851. The smallest absolute Gasteiger partial charge is 0.341 e. The van der Waals surface area contributed by atoms with Crippen molar-refractivity contribution in [3.05, 3.63) is 58.0 Å². The highest BCUT2D eigenvalue weighted by molar-refractivity contribution is 5.87. The number of carboxylic acids is 1. The summed E-state index contributed by atoms with van der Waals surface area (Å²) >= 11 is 0. The number of carbonyl (C=O) groups is 1. The van der Waals surface area contributed by atoms with Crippen LogP contribution in [-0.4, -0.2) is 40.1 Å². The van der Waals surface area contributed by atoms with Crippen LogP contribution in [0.4, 0.5) is 0 Å². The number of aromatic carboxylic acids is 1. The number of ether oxygens (including phenoxy) is 2. The fourth-order valence-electron chi connectivity index (χ4n) is 4.38. The molecule has 1 aromatic heterocycles. The molecule has 156 valence electrons. The summed E-state index contributed by atoms with van der Waals surface area (Å²) < 4.78 is 13.1. The molecule has 1 saturated heterocycles. The van der Waals surface area contributed by atoms with E-state index in [9.17, 15) is 19.8 Å². The van der Waals surface area contributed by atoms with Gasteiger partial charge in [0.1, 0.15) is 11.3 Å². The van der Waals surface area contributed by atoms with E-state index in [1.165, 1.54) is 12.4 Å². The van der Waals surface area contributed by atoms with Crippen LogP contribution in [0, 0.1) is 0 Å². The second-order valence-electron chi connectivity index (χ2n) is 8.19. The topological polar surface area (TPSA) is 98.0 Å². The minimum Gasteiger partial charge on any atom is -0.503 e. The Morgan fingerprint density at radius 3 is 2.66 bits per heavy atom. The first-order valence-corrected chi connectivity index (χ1v) is 9.61. The fraction of sp³-hybridized carbons (Fsp3) is 0.455. The number of para-hydroxylation sites is 1. The third-order valence-corrected chi connectivity index (χ3v) is 5.66. The molecule has 7 heteroatoms. The van der Waals surface area contributed by atoms with Crippen molar-refractivity contribution in [2.75, 3.05) is 13.7 Å². The number of aryl methyl sites for hydroxylation is 1. The number of pyridine rings is 1.